The molecule has 2 aliphatic rings. The van der Waals surface area contributed by atoms with E-state index < -0.39 is 0 Å². The molecule has 0 spiro atoms. The Labute approximate surface area is 213 Å². The maximum absolute atomic E-state index is 10.2. The summed E-state index contributed by atoms with van der Waals surface area (Å²) in [5, 5.41) is 20.2. The number of ether oxygens (including phenoxy) is 2. The monoisotopic (exact) mass is 485 g/mol. The Morgan fingerprint density at radius 2 is 1.81 bits per heavy atom. The highest BCUT2D eigenvalue weighted by atomic mass is 16.5. The minimum atomic E-state index is -0.355. The summed E-state index contributed by atoms with van der Waals surface area (Å²) in [6.45, 7) is 9.56. The first-order chi connectivity index (χ1) is 17.4. The summed E-state index contributed by atoms with van der Waals surface area (Å²) < 4.78 is 12.6. The van der Waals surface area contributed by atoms with E-state index in [1.165, 1.54) is 12.8 Å². The Balaban J connectivity index is 1.39. The van der Waals surface area contributed by atoms with Gasteiger partial charge in [-0.05, 0) is 98.3 Å². The molecule has 1 fully saturated rings. The van der Waals surface area contributed by atoms with Gasteiger partial charge in [0.2, 0.25) is 0 Å². The number of phenols is 2. The standard InChI is InChI=1S/C31H35NO4/c1-20-6-5-15-32(18-20)21(2)19-35-27-12-9-23(10-13-27)31-30(24-7-4-8-25(33)16-24)22(3)28-17-26(34)11-14-29(28)36-31/h4,7-14,16-17,20-21,31,33-34H,5-6,15,18-19H2,1-3H3. The van der Waals surface area contributed by atoms with E-state index in [-0.39, 0.29) is 17.6 Å². The van der Waals surface area contributed by atoms with Gasteiger partial charge in [0.05, 0.1) is 0 Å². The zero-order valence-electron chi connectivity index (χ0n) is 21.3. The van der Waals surface area contributed by atoms with E-state index in [0.717, 1.165) is 58.3 Å². The zero-order valence-corrected chi connectivity index (χ0v) is 21.3. The predicted molar refractivity (Wildman–Crippen MR) is 143 cm³/mol. The summed E-state index contributed by atoms with van der Waals surface area (Å²) in [5.41, 5.74) is 4.71. The molecule has 3 aromatic rings. The van der Waals surface area contributed by atoms with Gasteiger partial charge in [-0.25, -0.2) is 0 Å². The number of hydrogen-bond acceptors (Lipinski definition) is 5. The first-order valence-corrected chi connectivity index (χ1v) is 12.9. The van der Waals surface area contributed by atoms with Crippen molar-refractivity contribution in [2.24, 2.45) is 5.92 Å². The van der Waals surface area contributed by atoms with Crippen LogP contribution in [0.15, 0.2) is 66.7 Å². The molecular weight excluding hydrogens is 450 g/mol. The van der Waals surface area contributed by atoms with Gasteiger partial charge in [-0.15, -0.1) is 0 Å². The zero-order chi connectivity index (χ0) is 25.2. The fraction of sp³-hybridized carbons (Fsp3) is 0.355. The average molecular weight is 486 g/mol. The highest BCUT2D eigenvalue weighted by Gasteiger charge is 2.30. The molecule has 5 heteroatoms. The van der Waals surface area contributed by atoms with Crippen LogP contribution in [0.2, 0.25) is 0 Å². The molecule has 0 aromatic heterocycles. The molecule has 188 valence electrons. The van der Waals surface area contributed by atoms with Gasteiger partial charge < -0.3 is 19.7 Å². The van der Waals surface area contributed by atoms with Crippen molar-refractivity contribution in [2.45, 2.75) is 45.8 Å². The summed E-state index contributed by atoms with van der Waals surface area (Å²) in [4.78, 5) is 2.53. The summed E-state index contributed by atoms with van der Waals surface area (Å²) in [6, 6.07) is 20.9. The molecule has 2 heterocycles. The van der Waals surface area contributed by atoms with Crippen LogP contribution < -0.4 is 9.47 Å². The van der Waals surface area contributed by atoms with Gasteiger partial charge in [0, 0.05) is 23.7 Å². The largest absolute Gasteiger partial charge is 0.508 e. The van der Waals surface area contributed by atoms with Crippen LogP contribution in [0.25, 0.3) is 11.1 Å². The Hall–Kier alpha value is -3.44. The summed E-state index contributed by atoms with van der Waals surface area (Å²) in [5.74, 6) is 2.72. The maximum Gasteiger partial charge on any atom is 0.150 e. The van der Waals surface area contributed by atoms with E-state index in [0.29, 0.717) is 12.6 Å². The van der Waals surface area contributed by atoms with Crippen molar-refractivity contribution in [3.8, 4) is 23.0 Å². The quantitative estimate of drug-likeness (QED) is 0.409. The molecule has 0 bridgehead atoms. The third-order valence-electron chi connectivity index (χ3n) is 7.42. The molecule has 3 unspecified atom stereocenters. The van der Waals surface area contributed by atoms with Crippen molar-refractivity contribution < 1.29 is 19.7 Å². The van der Waals surface area contributed by atoms with Crippen LogP contribution in [0.3, 0.4) is 0 Å². The third kappa shape index (κ3) is 5.07. The summed E-state index contributed by atoms with van der Waals surface area (Å²) >= 11 is 0. The third-order valence-corrected chi connectivity index (χ3v) is 7.42. The minimum absolute atomic E-state index is 0.195. The fourth-order valence-corrected chi connectivity index (χ4v) is 5.40. The number of piperidine rings is 1. The number of phenolic OH excluding ortho intramolecular Hbond substituents is 2. The lowest BCUT2D eigenvalue weighted by molar-refractivity contribution is 0.102. The molecule has 3 aromatic carbocycles. The van der Waals surface area contributed by atoms with Crippen molar-refractivity contribution >= 4 is 11.1 Å². The van der Waals surface area contributed by atoms with Crippen molar-refractivity contribution in [1.82, 2.24) is 4.90 Å². The second kappa shape index (κ2) is 10.3. The molecular formula is C31H35NO4. The number of fused-ring (bicyclic) bond motifs is 1. The Morgan fingerprint density at radius 3 is 2.56 bits per heavy atom. The highest BCUT2D eigenvalue weighted by molar-refractivity contribution is 5.95. The van der Waals surface area contributed by atoms with Crippen LogP contribution in [-0.4, -0.2) is 40.9 Å². The lowest BCUT2D eigenvalue weighted by atomic mass is 9.86. The minimum Gasteiger partial charge on any atom is -0.508 e. The normalized spacial score (nSPS) is 21.0. The number of hydrogen-bond donors (Lipinski definition) is 2. The number of nitrogens with zero attached hydrogens (tertiary/aromatic N) is 1. The van der Waals surface area contributed by atoms with Crippen LogP contribution in [0.1, 0.15) is 56.4 Å². The molecule has 0 amide bonds. The van der Waals surface area contributed by atoms with Gasteiger partial charge in [0.15, 0.2) is 0 Å². The highest BCUT2D eigenvalue weighted by Crippen LogP contribution is 2.47. The Bertz CT molecular complexity index is 1250. The molecule has 0 saturated carbocycles. The second-order valence-corrected chi connectivity index (χ2v) is 10.2. The van der Waals surface area contributed by atoms with Gasteiger partial charge >= 0.3 is 0 Å². The van der Waals surface area contributed by atoms with E-state index in [1.807, 2.05) is 31.2 Å². The van der Waals surface area contributed by atoms with Gasteiger partial charge in [-0.3, -0.25) is 4.90 Å². The predicted octanol–water partition coefficient (Wildman–Crippen LogP) is 6.66. The maximum atomic E-state index is 10.2. The smallest absolute Gasteiger partial charge is 0.150 e. The molecule has 1 saturated heterocycles. The van der Waals surface area contributed by atoms with Crippen molar-refractivity contribution in [3.05, 3.63) is 83.4 Å². The van der Waals surface area contributed by atoms with Crippen LogP contribution in [0.5, 0.6) is 23.0 Å². The molecule has 3 atom stereocenters. The van der Waals surface area contributed by atoms with Crippen molar-refractivity contribution in [2.75, 3.05) is 19.7 Å². The van der Waals surface area contributed by atoms with Gasteiger partial charge in [-0.1, -0.05) is 31.2 Å². The van der Waals surface area contributed by atoms with Gasteiger partial charge in [0.25, 0.3) is 0 Å². The number of benzene rings is 3. The van der Waals surface area contributed by atoms with E-state index in [9.17, 15) is 10.2 Å². The van der Waals surface area contributed by atoms with E-state index in [1.54, 1.807) is 30.3 Å². The number of likely N-dealkylation sites (tertiary alicyclic amines) is 1. The first kappa shape index (κ1) is 24.3. The molecule has 2 N–H and O–H groups in total. The van der Waals surface area contributed by atoms with Crippen molar-refractivity contribution in [3.63, 3.8) is 0 Å². The fourth-order valence-electron chi connectivity index (χ4n) is 5.40. The SMILES string of the molecule is CC1=C(c2cccc(O)c2)C(c2ccc(OCC(C)N3CCCC(C)C3)cc2)Oc2ccc(O)cc21. The summed E-state index contributed by atoms with van der Waals surface area (Å²) in [6.07, 6.45) is 2.23. The average Bonchev–Trinajstić information content (AvgIpc) is 2.88. The lowest BCUT2D eigenvalue weighted by Gasteiger charge is -2.35. The molecule has 0 aliphatic carbocycles. The Kier molecular flexibility index (Phi) is 6.92. The van der Waals surface area contributed by atoms with E-state index in [2.05, 4.69) is 30.9 Å². The lowest BCUT2D eigenvalue weighted by Crippen LogP contribution is -2.43. The summed E-state index contributed by atoms with van der Waals surface area (Å²) in [7, 11) is 0. The van der Waals surface area contributed by atoms with Crippen LogP contribution in [0, 0.1) is 5.92 Å². The first-order valence-electron chi connectivity index (χ1n) is 12.9. The number of aromatic hydroxyl groups is 2. The molecule has 5 nitrogen and oxygen atoms in total. The second-order valence-electron chi connectivity index (χ2n) is 10.2. The Morgan fingerprint density at radius 1 is 1.03 bits per heavy atom. The molecule has 0 radical (unpaired) electrons. The molecule has 2 aliphatic heterocycles. The van der Waals surface area contributed by atoms with Gasteiger partial charge in [-0.2, -0.15) is 0 Å². The van der Waals surface area contributed by atoms with Crippen LogP contribution in [0.4, 0.5) is 0 Å². The van der Waals surface area contributed by atoms with Crippen LogP contribution in [-0.2, 0) is 0 Å². The van der Waals surface area contributed by atoms with E-state index in [4.69, 9.17) is 9.47 Å². The van der Waals surface area contributed by atoms with Crippen LogP contribution >= 0.6 is 0 Å². The van der Waals surface area contributed by atoms with E-state index >= 15 is 0 Å². The topological polar surface area (TPSA) is 62.2 Å². The molecule has 36 heavy (non-hydrogen) atoms. The number of rotatable bonds is 6. The van der Waals surface area contributed by atoms with Gasteiger partial charge in [0.1, 0.15) is 35.7 Å². The molecule has 5 rings (SSSR count). The number of allylic oxidation sites excluding steroid dienone is 1. The van der Waals surface area contributed by atoms with Crippen molar-refractivity contribution in [1.29, 1.82) is 0 Å².